The van der Waals surface area contributed by atoms with Gasteiger partial charge in [0, 0.05) is 12.5 Å². The van der Waals surface area contributed by atoms with Gasteiger partial charge in [-0.25, -0.2) is 4.98 Å². The molecular formula is C11H13N3O2. The van der Waals surface area contributed by atoms with Gasteiger partial charge in [0.2, 0.25) is 5.91 Å². The number of carbonyl (C=O) groups is 2. The van der Waals surface area contributed by atoms with Crippen LogP contribution in [0, 0.1) is 0 Å². The summed E-state index contributed by atoms with van der Waals surface area (Å²) in [6.07, 6.45) is 0. The standard InChI is InChI=1S/C11H13N3O2/c1-7(2)11(16)14-10-6-4-5-9(13-10)12-8(3)15/h4-6H,1H2,2-3H3,(H2,12,13,14,15,16). The lowest BCUT2D eigenvalue weighted by Crippen LogP contribution is -2.14. The molecule has 0 saturated heterocycles. The smallest absolute Gasteiger partial charge is 0.251 e. The molecule has 16 heavy (non-hydrogen) atoms. The Labute approximate surface area is 93.6 Å². The van der Waals surface area contributed by atoms with Crippen molar-refractivity contribution in [3.8, 4) is 0 Å². The van der Waals surface area contributed by atoms with Crippen molar-refractivity contribution >= 4 is 23.5 Å². The van der Waals surface area contributed by atoms with E-state index < -0.39 is 0 Å². The summed E-state index contributed by atoms with van der Waals surface area (Å²) in [5.74, 6) is 0.259. The van der Waals surface area contributed by atoms with Gasteiger partial charge in [-0.05, 0) is 19.1 Å². The Morgan fingerprint density at radius 3 is 2.25 bits per heavy atom. The molecule has 5 heteroatoms. The quantitative estimate of drug-likeness (QED) is 0.758. The van der Waals surface area contributed by atoms with E-state index in [0.717, 1.165) is 0 Å². The lowest BCUT2D eigenvalue weighted by molar-refractivity contribution is -0.114. The summed E-state index contributed by atoms with van der Waals surface area (Å²) in [7, 11) is 0. The van der Waals surface area contributed by atoms with Crippen molar-refractivity contribution in [2.75, 3.05) is 10.6 Å². The Morgan fingerprint density at radius 2 is 1.75 bits per heavy atom. The summed E-state index contributed by atoms with van der Waals surface area (Å²) in [5, 5.41) is 5.08. The third kappa shape index (κ3) is 3.53. The van der Waals surface area contributed by atoms with Gasteiger partial charge >= 0.3 is 0 Å². The van der Waals surface area contributed by atoms with Crippen LogP contribution in [-0.2, 0) is 9.59 Å². The highest BCUT2D eigenvalue weighted by Crippen LogP contribution is 2.09. The maximum absolute atomic E-state index is 11.3. The summed E-state index contributed by atoms with van der Waals surface area (Å²) < 4.78 is 0. The molecule has 2 amide bonds. The lowest BCUT2D eigenvalue weighted by Gasteiger charge is -2.06. The normalized spacial score (nSPS) is 9.38. The van der Waals surface area contributed by atoms with Crippen molar-refractivity contribution < 1.29 is 9.59 Å². The van der Waals surface area contributed by atoms with Gasteiger partial charge in [-0.2, -0.15) is 0 Å². The first-order chi connectivity index (χ1) is 7.49. The Bertz CT molecular complexity index is 441. The van der Waals surface area contributed by atoms with Crippen molar-refractivity contribution in [3.63, 3.8) is 0 Å². The van der Waals surface area contributed by atoms with E-state index in [2.05, 4.69) is 22.2 Å². The number of nitrogens with zero attached hydrogens (tertiary/aromatic N) is 1. The molecule has 2 N–H and O–H groups in total. The third-order valence-corrected chi connectivity index (χ3v) is 1.68. The van der Waals surface area contributed by atoms with Crippen LogP contribution < -0.4 is 10.6 Å². The number of amides is 2. The predicted molar refractivity (Wildman–Crippen MR) is 62.0 cm³/mol. The molecule has 0 bridgehead atoms. The summed E-state index contributed by atoms with van der Waals surface area (Å²) in [6, 6.07) is 4.95. The van der Waals surface area contributed by atoms with Gasteiger partial charge < -0.3 is 10.6 Å². The second-order valence-electron chi connectivity index (χ2n) is 3.32. The molecule has 0 atom stereocenters. The minimum atomic E-state index is -0.299. The molecule has 0 aliphatic carbocycles. The molecule has 1 heterocycles. The molecular weight excluding hydrogens is 206 g/mol. The van der Waals surface area contributed by atoms with E-state index in [-0.39, 0.29) is 11.8 Å². The van der Waals surface area contributed by atoms with Crippen LogP contribution in [0.5, 0.6) is 0 Å². The van der Waals surface area contributed by atoms with Gasteiger partial charge in [-0.15, -0.1) is 0 Å². The lowest BCUT2D eigenvalue weighted by atomic mass is 10.3. The van der Waals surface area contributed by atoms with Crippen molar-refractivity contribution in [2.24, 2.45) is 0 Å². The number of carbonyl (C=O) groups excluding carboxylic acids is 2. The molecule has 1 aromatic heterocycles. The maximum Gasteiger partial charge on any atom is 0.251 e. The number of anilines is 2. The fourth-order valence-electron chi connectivity index (χ4n) is 0.977. The van der Waals surface area contributed by atoms with Gasteiger partial charge in [0.1, 0.15) is 11.6 Å². The number of hydrogen-bond donors (Lipinski definition) is 2. The Kier molecular flexibility index (Phi) is 3.77. The van der Waals surface area contributed by atoms with Crippen LogP contribution in [0.2, 0.25) is 0 Å². The van der Waals surface area contributed by atoms with Crippen molar-refractivity contribution in [1.29, 1.82) is 0 Å². The molecule has 1 aromatic rings. The zero-order valence-electron chi connectivity index (χ0n) is 9.20. The van der Waals surface area contributed by atoms with Crippen molar-refractivity contribution in [2.45, 2.75) is 13.8 Å². The number of rotatable bonds is 3. The monoisotopic (exact) mass is 219 g/mol. The minimum Gasteiger partial charge on any atom is -0.311 e. The van der Waals surface area contributed by atoms with Crippen LogP contribution in [0.3, 0.4) is 0 Å². The van der Waals surface area contributed by atoms with Gasteiger partial charge in [0.05, 0.1) is 0 Å². The van der Waals surface area contributed by atoms with Gasteiger partial charge in [-0.3, -0.25) is 9.59 Å². The fourth-order valence-corrected chi connectivity index (χ4v) is 0.977. The second-order valence-corrected chi connectivity index (χ2v) is 3.32. The minimum absolute atomic E-state index is 0.212. The van der Waals surface area contributed by atoms with Crippen LogP contribution in [0.25, 0.3) is 0 Å². The third-order valence-electron chi connectivity index (χ3n) is 1.68. The molecule has 0 aliphatic rings. The molecule has 0 spiro atoms. The molecule has 0 fully saturated rings. The average Bonchev–Trinajstić information content (AvgIpc) is 2.16. The number of nitrogens with one attached hydrogen (secondary N) is 2. The predicted octanol–water partition coefficient (Wildman–Crippen LogP) is 1.55. The van der Waals surface area contributed by atoms with E-state index in [4.69, 9.17) is 0 Å². The number of pyridine rings is 1. The first-order valence-corrected chi connectivity index (χ1v) is 4.70. The topological polar surface area (TPSA) is 71.1 Å². The highest BCUT2D eigenvalue weighted by molar-refractivity contribution is 6.02. The van der Waals surface area contributed by atoms with Crippen LogP contribution in [0.15, 0.2) is 30.4 Å². The van der Waals surface area contributed by atoms with Gasteiger partial charge in [0.25, 0.3) is 5.91 Å². The first-order valence-electron chi connectivity index (χ1n) is 4.70. The van der Waals surface area contributed by atoms with Gasteiger partial charge in [0.15, 0.2) is 0 Å². The van der Waals surface area contributed by atoms with Crippen molar-refractivity contribution in [3.05, 3.63) is 30.4 Å². The number of hydrogen-bond acceptors (Lipinski definition) is 3. The van der Waals surface area contributed by atoms with E-state index in [9.17, 15) is 9.59 Å². The summed E-state index contributed by atoms with van der Waals surface area (Å²) in [6.45, 7) is 6.51. The van der Waals surface area contributed by atoms with E-state index in [1.54, 1.807) is 25.1 Å². The molecule has 5 nitrogen and oxygen atoms in total. The second kappa shape index (κ2) is 5.06. The largest absolute Gasteiger partial charge is 0.311 e. The van der Waals surface area contributed by atoms with Crippen LogP contribution >= 0.6 is 0 Å². The Hall–Kier alpha value is -2.17. The average molecular weight is 219 g/mol. The summed E-state index contributed by atoms with van der Waals surface area (Å²) in [4.78, 5) is 26.1. The summed E-state index contributed by atoms with van der Waals surface area (Å²) in [5.41, 5.74) is 0.395. The van der Waals surface area contributed by atoms with E-state index in [1.807, 2.05) is 0 Å². The highest BCUT2D eigenvalue weighted by atomic mass is 16.2. The zero-order chi connectivity index (χ0) is 12.1. The summed E-state index contributed by atoms with van der Waals surface area (Å²) >= 11 is 0. The SMILES string of the molecule is C=C(C)C(=O)Nc1cccc(NC(C)=O)n1. The van der Waals surface area contributed by atoms with Crippen LogP contribution in [0.4, 0.5) is 11.6 Å². The molecule has 0 aromatic carbocycles. The van der Waals surface area contributed by atoms with E-state index in [1.165, 1.54) is 6.92 Å². The highest BCUT2D eigenvalue weighted by Gasteiger charge is 2.04. The molecule has 0 unspecified atom stereocenters. The van der Waals surface area contributed by atoms with E-state index >= 15 is 0 Å². The maximum atomic E-state index is 11.3. The molecule has 0 aliphatic heterocycles. The molecule has 0 saturated carbocycles. The Balaban J connectivity index is 2.78. The molecule has 84 valence electrons. The molecule has 0 radical (unpaired) electrons. The molecule has 1 rings (SSSR count). The van der Waals surface area contributed by atoms with Crippen LogP contribution in [0.1, 0.15) is 13.8 Å². The van der Waals surface area contributed by atoms with Crippen LogP contribution in [-0.4, -0.2) is 16.8 Å². The zero-order valence-corrected chi connectivity index (χ0v) is 9.20. The van der Waals surface area contributed by atoms with Gasteiger partial charge in [-0.1, -0.05) is 12.6 Å². The fraction of sp³-hybridized carbons (Fsp3) is 0.182. The number of aromatic nitrogens is 1. The first kappa shape index (κ1) is 11.9. The van der Waals surface area contributed by atoms with E-state index in [0.29, 0.717) is 17.2 Å². The Morgan fingerprint density at radius 1 is 1.19 bits per heavy atom. The van der Waals surface area contributed by atoms with Crippen molar-refractivity contribution in [1.82, 2.24) is 4.98 Å².